The van der Waals surface area contributed by atoms with E-state index in [1.54, 1.807) is 24.0 Å². The molecule has 1 N–H and O–H groups in total. The van der Waals surface area contributed by atoms with Crippen LogP contribution < -0.4 is 0 Å². The van der Waals surface area contributed by atoms with Crippen LogP contribution in [0.5, 0.6) is 0 Å². The number of furan rings is 1. The van der Waals surface area contributed by atoms with Gasteiger partial charge in [0.1, 0.15) is 23.4 Å². The van der Waals surface area contributed by atoms with E-state index in [9.17, 15) is 19.1 Å². The number of ketones is 1. The van der Waals surface area contributed by atoms with Crippen LogP contribution in [0.15, 0.2) is 46.6 Å². The number of benzene rings is 1. The molecule has 6 heteroatoms. The maximum atomic E-state index is 13.6. The first-order valence-electron chi connectivity index (χ1n) is 9.09. The molecule has 0 radical (unpaired) electrons. The van der Waals surface area contributed by atoms with Crippen LogP contribution in [-0.2, 0) is 9.59 Å². The molecule has 1 saturated heterocycles. The molecule has 2 fully saturated rings. The Morgan fingerprint density at radius 1 is 1.22 bits per heavy atom. The van der Waals surface area contributed by atoms with Crippen LogP contribution in [0.4, 0.5) is 4.39 Å². The highest BCUT2D eigenvalue weighted by molar-refractivity contribution is 6.46. The van der Waals surface area contributed by atoms with Crippen molar-refractivity contribution in [2.24, 2.45) is 0 Å². The molecule has 1 amide bonds. The van der Waals surface area contributed by atoms with E-state index in [0.717, 1.165) is 25.7 Å². The molecule has 27 heavy (non-hydrogen) atoms. The van der Waals surface area contributed by atoms with Crippen LogP contribution >= 0.6 is 0 Å². The van der Waals surface area contributed by atoms with E-state index in [0.29, 0.717) is 16.9 Å². The zero-order valence-electron chi connectivity index (χ0n) is 14.9. The SMILES string of the molecule is Cc1cc(/C(O)=C2/C(=O)C(=O)N(C3CCCC3)C2c2ccco2)ccc1F. The molecular weight excluding hydrogens is 349 g/mol. The van der Waals surface area contributed by atoms with Crippen LogP contribution in [0.2, 0.25) is 0 Å². The van der Waals surface area contributed by atoms with Gasteiger partial charge in [-0.25, -0.2) is 4.39 Å². The number of Topliss-reactive ketones (excluding diaryl/α,β-unsaturated/α-hetero) is 1. The molecule has 5 nitrogen and oxygen atoms in total. The van der Waals surface area contributed by atoms with Crippen molar-refractivity contribution < 1.29 is 23.5 Å². The van der Waals surface area contributed by atoms with E-state index in [1.807, 2.05) is 0 Å². The van der Waals surface area contributed by atoms with Gasteiger partial charge >= 0.3 is 0 Å². The molecule has 1 atom stereocenters. The molecule has 1 aromatic carbocycles. The van der Waals surface area contributed by atoms with E-state index in [2.05, 4.69) is 0 Å². The summed E-state index contributed by atoms with van der Waals surface area (Å²) in [4.78, 5) is 27.2. The third-order valence-electron chi connectivity index (χ3n) is 5.44. The molecule has 1 aliphatic heterocycles. The number of rotatable bonds is 3. The Labute approximate surface area is 156 Å². The summed E-state index contributed by atoms with van der Waals surface area (Å²) in [6, 6.07) is 6.66. The highest BCUT2D eigenvalue weighted by Crippen LogP contribution is 2.43. The largest absolute Gasteiger partial charge is 0.507 e. The summed E-state index contributed by atoms with van der Waals surface area (Å²) in [5.74, 6) is -1.63. The average molecular weight is 369 g/mol. The number of amides is 1. The number of aliphatic hydroxyl groups is 1. The monoisotopic (exact) mass is 369 g/mol. The van der Waals surface area contributed by atoms with Gasteiger partial charge in [-0.2, -0.15) is 0 Å². The molecule has 1 aromatic heterocycles. The minimum Gasteiger partial charge on any atom is -0.507 e. The van der Waals surface area contributed by atoms with Gasteiger partial charge in [0.15, 0.2) is 0 Å². The lowest BCUT2D eigenvalue weighted by atomic mass is 9.98. The predicted octanol–water partition coefficient (Wildman–Crippen LogP) is 4.09. The van der Waals surface area contributed by atoms with Crippen molar-refractivity contribution in [3.8, 4) is 0 Å². The Kier molecular flexibility index (Phi) is 4.34. The lowest BCUT2D eigenvalue weighted by Crippen LogP contribution is -2.37. The molecular formula is C21H20FNO4. The molecule has 4 rings (SSSR count). The van der Waals surface area contributed by atoms with Gasteiger partial charge in [0, 0.05) is 11.6 Å². The fraction of sp³-hybridized carbons (Fsp3) is 0.333. The summed E-state index contributed by atoms with van der Waals surface area (Å²) in [6.45, 7) is 1.58. The van der Waals surface area contributed by atoms with Gasteiger partial charge in [-0.05, 0) is 55.7 Å². The quantitative estimate of drug-likeness (QED) is 0.503. The second kappa shape index (κ2) is 6.68. The van der Waals surface area contributed by atoms with Gasteiger partial charge in [-0.3, -0.25) is 9.59 Å². The number of hydrogen-bond donors (Lipinski definition) is 1. The van der Waals surface area contributed by atoms with Crippen LogP contribution in [0.1, 0.15) is 48.6 Å². The number of aryl methyl sites for hydroxylation is 1. The van der Waals surface area contributed by atoms with Crippen LogP contribution in [0, 0.1) is 12.7 Å². The van der Waals surface area contributed by atoms with Crippen LogP contribution in [0.25, 0.3) is 5.76 Å². The molecule has 0 bridgehead atoms. The van der Waals surface area contributed by atoms with Gasteiger partial charge in [0.25, 0.3) is 11.7 Å². The molecule has 0 spiro atoms. The lowest BCUT2D eigenvalue weighted by Gasteiger charge is -2.29. The van der Waals surface area contributed by atoms with Gasteiger partial charge in [-0.1, -0.05) is 12.8 Å². The highest BCUT2D eigenvalue weighted by atomic mass is 19.1. The Balaban J connectivity index is 1.87. The molecule has 2 aliphatic rings. The molecule has 1 unspecified atom stereocenters. The van der Waals surface area contributed by atoms with Crippen LogP contribution in [0.3, 0.4) is 0 Å². The second-order valence-electron chi connectivity index (χ2n) is 7.12. The first kappa shape index (κ1) is 17.5. The maximum absolute atomic E-state index is 13.6. The zero-order valence-corrected chi connectivity index (χ0v) is 14.9. The van der Waals surface area contributed by atoms with Crippen molar-refractivity contribution in [1.82, 2.24) is 4.90 Å². The normalized spacial score (nSPS) is 22.7. The van der Waals surface area contributed by atoms with Gasteiger partial charge in [0.05, 0.1) is 11.8 Å². The zero-order chi connectivity index (χ0) is 19.1. The van der Waals surface area contributed by atoms with Crippen LogP contribution in [-0.4, -0.2) is 27.7 Å². The summed E-state index contributed by atoms with van der Waals surface area (Å²) in [5, 5.41) is 10.9. The number of carbonyl (C=O) groups is 2. The number of carbonyl (C=O) groups excluding carboxylic acids is 2. The van der Waals surface area contributed by atoms with E-state index in [4.69, 9.17) is 4.42 Å². The maximum Gasteiger partial charge on any atom is 0.296 e. The third-order valence-corrected chi connectivity index (χ3v) is 5.44. The summed E-state index contributed by atoms with van der Waals surface area (Å²) < 4.78 is 19.1. The smallest absolute Gasteiger partial charge is 0.296 e. The fourth-order valence-corrected chi connectivity index (χ4v) is 4.08. The molecule has 2 aromatic rings. The Morgan fingerprint density at radius 3 is 2.59 bits per heavy atom. The van der Waals surface area contributed by atoms with E-state index in [1.165, 1.54) is 24.5 Å². The Morgan fingerprint density at radius 2 is 1.96 bits per heavy atom. The fourth-order valence-electron chi connectivity index (χ4n) is 4.08. The number of aliphatic hydroxyl groups excluding tert-OH is 1. The molecule has 1 saturated carbocycles. The number of likely N-dealkylation sites (tertiary alicyclic amines) is 1. The summed E-state index contributed by atoms with van der Waals surface area (Å²) in [5.41, 5.74) is 0.640. The van der Waals surface area contributed by atoms with E-state index >= 15 is 0 Å². The first-order chi connectivity index (χ1) is 13.0. The number of halogens is 1. The molecule has 140 valence electrons. The Hall–Kier alpha value is -2.89. The lowest BCUT2D eigenvalue weighted by molar-refractivity contribution is -0.141. The number of hydrogen-bond acceptors (Lipinski definition) is 4. The summed E-state index contributed by atoms with van der Waals surface area (Å²) >= 11 is 0. The average Bonchev–Trinajstić information content (AvgIpc) is 3.39. The van der Waals surface area contributed by atoms with E-state index < -0.39 is 23.5 Å². The van der Waals surface area contributed by atoms with Crippen molar-refractivity contribution in [2.45, 2.75) is 44.7 Å². The first-order valence-corrected chi connectivity index (χ1v) is 9.09. The highest BCUT2D eigenvalue weighted by Gasteiger charge is 2.50. The van der Waals surface area contributed by atoms with Crippen molar-refractivity contribution in [3.63, 3.8) is 0 Å². The summed E-state index contributed by atoms with van der Waals surface area (Å²) in [7, 11) is 0. The van der Waals surface area contributed by atoms with Crippen molar-refractivity contribution in [3.05, 3.63) is 64.9 Å². The van der Waals surface area contributed by atoms with Gasteiger partial charge < -0.3 is 14.4 Å². The standard InChI is InChI=1S/C21H20FNO4/c1-12-11-13(8-9-15(12)22)19(24)17-18(16-7-4-10-27-16)23(21(26)20(17)25)14-5-2-3-6-14/h4,7-11,14,18,24H,2-3,5-6H2,1H3/b19-17-. The van der Waals surface area contributed by atoms with Crippen molar-refractivity contribution in [2.75, 3.05) is 0 Å². The minimum atomic E-state index is -0.770. The molecule has 2 heterocycles. The molecule has 1 aliphatic carbocycles. The van der Waals surface area contributed by atoms with E-state index in [-0.39, 0.29) is 17.4 Å². The van der Waals surface area contributed by atoms with Gasteiger partial charge in [0.2, 0.25) is 0 Å². The number of nitrogens with zero attached hydrogens (tertiary/aromatic N) is 1. The van der Waals surface area contributed by atoms with Crippen molar-refractivity contribution >= 4 is 17.4 Å². The Bertz CT molecular complexity index is 926. The van der Waals surface area contributed by atoms with Crippen molar-refractivity contribution in [1.29, 1.82) is 0 Å². The second-order valence-corrected chi connectivity index (χ2v) is 7.12. The van der Waals surface area contributed by atoms with Gasteiger partial charge in [-0.15, -0.1) is 0 Å². The topological polar surface area (TPSA) is 70.8 Å². The minimum absolute atomic E-state index is 0.00661. The predicted molar refractivity (Wildman–Crippen MR) is 96.2 cm³/mol. The summed E-state index contributed by atoms with van der Waals surface area (Å²) in [6.07, 6.45) is 5.11. The third kappa shape index (κ3) is 2.85.